The molecule has 14 heavy (non-hydrogen) atoms. The van der Waals surface area contributed by atoms with Crippen LogP contribution in [0.25, 0.3) is 0 Å². The molecule has 0 fully saturated rings. The van der Waals surface area contributed by atoms with Crippen LogP contribution in [0.4, 0.5) is 0 Å². The standard InChI is InChI=1S/C9H12ClNO2.ClH/c1-5(12)9(11)7-4-6(10)2-3-8(7)13;/h2-5,9,12-13H,11H2,1H3;1H/t5-,9-;/m1./s1. The van der Waals surface area contributed by atoms with Crippen molar-refractivity contribution >= 4 is 24.0 Å². The fraction of sp³-hybridized carbons (Fsp3) is 0.333. The first-order chi connectivity index (χ1) is 6.02. The average Bonchev–Trinajstić information content (AvgIpc) is 2.08. The molecule has 80 valence electrons. The molecule has 0 saturated carbocycles. The molecule has 0 aliphatic heterocycles. The second kappa shape index (κ2) is 5.41. The highest BCUT2D eigenvalue weighted by atomic mass is 35.5. The van der Waals surface area contributed by atoms with Gasteiger partial charge in [0.2, 0.25) is 0 Å². The minimum Gasteiger partial charge on any atom is -0.508 e. The Kier molecular flexibility index (Phi) is 5.23. The van der Waals surface area contributed by atoms with Crippen LogP contribution in [-0.2, 0) is 0 Å². The summed E-state index contributed by atoms with van der Waals surface area (Å²) in [6, 6.07) is 3.96. The van der Waals surface area contributed by atoms with Gasteiger partial charge in [0, 0.05) is 10.6 Å². The Morgan fingerprint density at radius 3 is 2.50 bits per heavy atom. The van der Waals surface area contributed by atoms with Crippen LogP contribution in [-0.4, -0.2) is 16.3 Å². The topological polar surface area (TPSA) is 66.5 Å². The molecule has 0 bridgehead atoms. The van der Waals surface area contributed by atoms with Gasteiger partial charge in [0.05, 0.1) is 12.1 Å². The summed E-state index contributed by atoms with van der Waals surface area (Å²) in [5, 5.41) is 19.1. The summed E-state index contributed by atoms with van der Waals surface area (Å²) in [6.07, 6.45) is -0.718. The first-order valence-corrected chi connectivity index (χ1v) is 4.32. The highest BCUT2D eigenvalue weighted by Crippen LogP contribution is 2.27. The number of halogens is 2. The SMILES string of the molecule is C[C@@H](O)[C@@H](N)c1cc(Cl)ccc1O.Cl. The van der Waals surface area contributed by atoms with E-state index in [0.29, 0.717) is 10.6 Å². The van der Waals surface area contributed by atoms with Crippen molar-refractivity contribution in [3.05, 3.63) is 28.8 Å². The zero-order chi connectivity index (χ0) is 10.0. The predicted octanol–water partition coefficient (Wildman–Crippen LogP) is 1.85. The molecule has 0 unspecified atom stereocenters. The molecule has 0 aromatic heterocycles. The van der Waals surface area contributed by atoms with Gasteiger partial charge in [-0.15, -0.1) is 12.4 Å². The zero-order valence-corrected chi connectivity index (χ0v) is 9.22. The summed E-state index contributed by atoms with van der Waals surface area (Å²) in [6.45, 7) is 1.56. The molecule has 3 nitrogen and oxygen atoms in total. The number of nitrogens with two attached hydrogens (primary N) is 1. The maximum atomic E-state index is 9.40. The minimum absolute atomic E-state index is 0. The maximum absolute atomic E-state index is 9.40. The van der Waals surface area contributed by atoms with Crippen molar-refractivity contribution in [3.63, 3.8) is 0 Å². The smallest absolute Gasteiger partial charge is 0.120 e. The van der Waals surface area contributed by atoms with Crippen molar-refractivity contribution in [2.24, 2.45) is 5.73 Å². The second-order valence-electron chi connectivity index (χ2n) is 2.97. The van der Waals surface area contributed by atoms with Crippen LogP contribution in [0.1, 0.15) is 18.5 Å². The van der Waals surface area contributed by atoms with E-state index in [2.05, 4.69) is 0 Å². The lowest BCUT2D eigenvalue weighted by atomic mass is 10.0. The summed E-state index contributed by atoms with van der Waals surface area (Å²) in [4.78, 5) is 0. The molecule has 0 saturated heterocycles. The van der Waals surface area contributed by atoms with Crippen molar-refractivity contribution in [3.8, 4) is 5.75 Å². The quantitative estimate of drug-likeness (QED) is 0.736. The van der Waals surface area contributed by atoms with Crippen LogP contribution in [0.2, 0.25) is 5.02 Å². The Balaban J connectivity index is 0.00000169. The van der Waals surface area contributed by atoms with E-state index in [9.17, 15) is 10.2 Å². The number of aromatic hydroxyl groups is 1. The van der Waals surface area contributed by atoms with Crippen LogP contribution in [0.5, 0.6) is 5.75 Å². The summed E-state index contributed by atoms with van der Waals surface area (Å²) >= 11 is 5.72. The van der Waals surface area contributed by atoms with E-state index in [4.69, 9.17) is 17.3 Å². The number of benzene rings is 1. The molecule has 1 aromatic carbocycles. The first kappa shape index (κ1) is 13.5. The van der Waals surface area contributed by atoms with Crippen molar-refractivity contribution in [1.82, 2.24) is 0 Å². The van der Waals surface area contributed by atoms with E-state index in [-0.39, 0.29) is 18.2 Å². The Labute approximate surface area is 93.9 Å². The van der Waals surface area contributed by atoms with Gasteiger partial charge < -0.3 is 15.9 Å². The molecule has 0 aliphatic rings. The van der Waals surface area contributed by atoms with Gasteiger partial charge in [0.25, 0.3) is 0 Å². The third kappa shape index (κ3) is 3.03. The molecule has 0 spiro atoms. The van der Waals surface area contributed by atoms with Crippen molar-refractivity contribution < 1.29 is 10.2 Å². The molecular weight excluding hydrogens is 225 g/mol. The molecule has 2 atom stereocenters. The minimum atomic E-state index is -0.718. The lowest BCUT2D eigenvalue weighted by molar-refractivity contribution is 0.163. The van der Waals surface area contributed by atoms with Crippen LogP contribution >= 0.6 is 24.0 Å². The van der Waals surface area contributed by atoms with Gasteiger partial charge in [0.15, 0.2) is 0 Å². The fourth-order valence-corrected chi connectivity index (χ4v) is 1.23. The number of phenols is 1. The molecule has 0 amide bonds. The Hall–Kier alpha value is -0.480. The van der Waals surface area contributed by atoms with Gasteiger partial charge in [0.1, 0.15) is 5.75 Å². The third-order valence-electron chi connectivity index (χ3n) is 1.87. The number of aliphatic hydroxyl groups excluding tert-OH is 1. The van der Waals surface area contributed by atoms with Crippen molar-refractivity contribution in [2.75, 3.05) is 0 Å². The molecule has 0 heterocycles. The second-order valence-corrected chi connectivity index (χ2v) is 3.41. The average molecular weight is 238 g/mol. The van der Waals surface area contributed by atoms with Crippen LogP contribution in [0.15, 0.2) is 18.2 Å². The lowest BCUT2D eigenvalue weighted by Crippen LogP contribution is -2.23. The number of rotatable bonds is 2. The molecule has 0 radical (unpaired) electrons. The van der Waals surface area contributed by atoms with E-state index in [1.165, 1.54) is 6.07 Å². The van der Waals surface area contributed by atoms with Crippen molar-refractivity contribution in [2.45, 2.75) is 19.1 Å². The van der Waals surface area contributed by atoms with Crippen LogP contribution < -0.4 is 5.73 Å². The van der Waals surface area contributed by atoms with Gasteiger partial charge in [-0.25, -0.2) is 0 Å². The predicted molar refractivity (Wildman–Crippen MR) is 59.0 cm³/mol. The van der Waals surface area contributed by atoms with E-state index >= 15 is 0 Å². The van der Waals surface area contributed by atoms with Gasteiger partial charge in [-0.3, -0.25) is 0 Å². The monoisotopic (exact) mass is 237 g/mol. The lowest BCUT2D eigenvalue weighted by Gasteiger charge is -2.16. The maximum Gasteiger partial charge on any atom is 0.120 e. The molecule has 1 rings (SSSR count). The molecule has 5 heteroatoms. The Bertz CT molecular complexity index is 305. The highest BCUT2D eigenvalue weighted by molar-refractivity contribution is 6.30. The summed E-state index contributed by atoms with van der Waals surface area (Å²) < 4.78 is 0. The van der Waals surface area contributed by atoms with Gasteiger partial charge >= 0.3 is 0 Å². The number of hydrogen-bond donors (Lipinski definition) is 3. The van der Waals surface area contributed by atoms with E-state index < -0.39 is 12.1 Å². The van der Waals surface area contributed by atoms with Gasteiger partial charge in [-0.2, -0.15) is 0 Å². The molecule has 1 aromatic rings. The van der Waals surface area contributed by atoms with E-state index in [0.717, 1.165) is 0 Å². The van der Waals surface area contributed by atoms with Crippen LogP contribution in [0.3, 0.4) is 0 Å². The van der Waals surface area contributed by atoms with Crippen LogP contribution in [0, 0.1) is 0 Å². The highest BCUT2D eigenvalue weighted by Gasteiger charge is 2.15. The van der Waals surface area contributed by atoms with Gasteiger partial charge in [-0.1, -0.05) is 11.6 Å². The summed E-state index contributed by atoms with van der Waals surface area (Å²) in [5.41, 5.74) is 6.10. The molecule has 4 N–H and O–H groups in total. The summed E-state index contributed by atoms with van der Waals surface area (Å²) in [7, 11) is 0. The Morgan fingerprint density at radius 1 is 1.43 bits per heavy atom. The van der Waals surface area contributed by atoms with E-state index in [1.807, 2.05) is 0 Å². The largest absolute Gasteiger partial charge is 0.508 e. The molecule has 0 aliphatic carbocycles. The summed E-state index contributed by atoms with van der Waals surface area (Å²) in [5.74, 6) is 0.0535. The Morgan fingerprint density at radius 2 is 2.00 bits per heavy atom. The number of hydrogen-bond acceptors (Lipinski definition) is 3. The zero-order valence-electron chi connectivity index (χ0n) is 7.64. The first-order valence-electron chi connectivity index (χ1n) is 3.94. The van der Waals surface area contributed by atoms with E-state index in [1.54, 1.807) is 19.1 Å². The number of phenolic OH excluding ortho intramolecular Hbond substituents is 1. The van der Waals surface area contributed by atoms with Gasteiger partial charge in [-0.05, 0) is 25.1 Å². The third-order valence-corrected chi connectivity index (χ3v) is 2.10. The normalized spacial score (nSPS) is 14.3. The fourth-order valence-electron chi connectivity index (χ4n) is 1.05. The molecular formula is C9H13Cl2NO2. The van der Waals surface area contributed by atoms with Crippen molar-refractivity contribution in [1.29, 1.82) is 0 Å². The number of aliphatic hydroxyl groups is 1.